The van der Waals surface area contributed by atoms with E-state index in [-0.39, 0.29) is 5.56 Å². The van der Waals surface area contributed by atoms with Crippen LogP contribution in [0.1, 0.15) is 30.9 Å². The quantitative estimate of drug-likeness (QED) is 0.622. The van der Waals surface area contributed by atoms with E-state index in [2.05, 4.69) is 57.8 Å². The first-order valence-corrected chi connectivity index (χ1v) is 12.1. The molecule has 2 fully saturated rings. The van der Waals surface area contributed by atoms with E-state index >= 15 is 0 Å². The Morgan fingerprint density at radius 1 is 1.00 bits per heavy atom. The van der Waals surface area contributed by atoms with Crippen molar-refractivity contribution in [2.24, 2.45) is 5.92 Å². The Balaban J connectivity index is 1.39. The largest absolute Gasteiger partial charge is 0.311 e. The topological polar surface area (TPSA) is 28.5 Å². The van der Waals surface area contributed by atoms with E-state index in [4.69, 9.17) is 0 Å². The predicted octanol–water partition coefficient (Wildman–Crippen LogP) is 4.24. The summed E-state index contributed by atoms with van der Waals surface area (Å²) in [6, 6.07) is 15.5. The van der Waals surface area contributed by atoms with E-state index in [1.807, 2.05) is 11.3 Å². The highest BCUT2D eigenvalue weighted by molar-refractivity contribution is 7.22. The van der Waals surface area contributed by atoms with Crippen molar-refractivity contribution in [1.29, 1.82) is 0 Å². The predicted molar refractivity (Wildman–Crippen MR) is 124 cm³/mol. The average Bonchev–Trinajstić information content (AvgIpc) is 3.19. The standard InChI is InChI=1S/C25H29N3OS/c1-26-10-8-20(9-11-26)27-14-17-12-19(16-27)25-21(6-7-24(29)28(25)15-17)23-13-18-4-2-3-5-22(18)30-23/h2-7,13,17,19-20H,8-12,14-16H2,1H3/t17-,19+/m0/s1. The first kappa shape index (κ1) is 18.8. The second-order valence-corrected chi connectivity index (χ2v) is 10.6. The highest BCUT2D eigenvalue weighted by atomic mass is 32.1. The SMILES string of the molecule is CN1CCC(N2C[C@@H]3C[C@H](C2)c2c(-c4cc5ccccc5s4)ccc(=O)n2C3)CC1. The molecule has 5 heteroatoms. The van der Waals surface area contributed by atoms with Crippen molar-refractivity contribution in [2.45, 2.75) is 37.8 Å². The molecule has 156 valence electrons. The van der Waals surface area contributed by atoms with Gasteiger partial charge in [0.25, 0.3) is 5.56 Å². The molecule has 2 atom stereocenters. The Bertz CT molecular complexity index is 1110. The molecule has 6 rings (SSSR count). The minimum absolute atomic E-state index is 0.178. The molecule has 2 saturated heterocycles. The zero-order valence-corrected chi connectivity index (χ0v) is 18.4. The molecule has 3 aromatic rings. The number of piperidine rings is 2. The average molecular weight is 420 g/mol. The summed E-state index contributed by atoms with van der Waals surface area (Å²) >= 11 is 1.85. The summed E-state index contributed by atoms with van der Waals surface area (Å²) in [5, 5.41) is 1.30. The van der Waals surface area contributed by atoms with Crippen LogP contribution in [0.5, 0.6) is 0 Å². The fourth-order valence-electron chi connectivity index (χ4n) is 6.03. The summed E-state index contributed by atoms with van der Waals surface area (Å²) in [4.78, 5) is 19.3. The molecule has 3 aliphatic heterocycles. The van der Waals surface area contributed by atoms with Gasteiger partial charge in [0, 0.05) is 58.5 Å². The molecule has 3 aliphatic rings. The molecular weight excluding hydrogens is 390 g/mol. The second kappa shape index (κ2) is 7.33. The first-order chi connectivity index (χ1) is 14.7. The van der Waals surface area contributed by atoms with Gasteiger partial charge in [-0.2, -0.15) is 0 Å². The van der Waals surface area contributed by atoms with Crippen molar-refractivity contribution < 1.29 is 0 Å². The van der Waals surface area contributed by atoms with Gasteiger partial charge in [0.05, 0.1) is 0 Å². The van der Waals surface area contributed by atoms with Crippen LogP contribution in [0.15, 0.2) is 47.3 Å². The number of pyridine rings is 1. The van der Waals surface area contributed by atoms with Gasteiger partial charge in [0.2, 0.25) is 0 Å². The maximum Gasteiger partial charge on any atom is 0.250 e. The second-order valence-electron chi connectivity index (χ2n) is 9.52. The molecule has 0 saturated carbocycles. The number of fused-ring (bicyclic) bond motifs is 5. The highest BCUT2D eigenvalue weighted by Crippen LogP contribution is 2.43. The Morgan fingerprint density at radius 2 is 1.83 bits per heavy atom. The molecule has 30 heavy (non-hydrogen) atoms. The van der Waals surface area contributed by atoms with E-state index in [1.165, 1.54) is 58.6 Å². The molecule has 0 amide bonds. The van der Waals surface area contributed by atoms with Gasteiger partial charge in [-0.15, -0.1) is 11.3 Å². The zero-order chi connectivity index (χ0) is 20.2. The van der Waals surface area contributed by atoms with Crippen LogP contribution in [0.2, 0.25) is 0 Å². The Morgan fingerprint density at radius 3 is 2.67 bits per heavy atom. The van der Waals surface area contributed by atoms with E-state index in [1.54, 1.807) is 6.07 Å². The smallest absolute Gasteiger partial charge is 0.250 e. The lowest BCUT2D eigenvalue weighted by atomic mass is 9.80. The third kappa shape index (κ3) is 3.15. The molecular formula is C25H29N3OS. The number of aromatic nitrogens is 1. The van der Waals surface area contributed by atoms with Gasteiger partial charge in [-0.25, -0.2) is 0 Å². The van der Waals surface area contributed by atoms with Crippen molar-refractivity contribution >= 4 is 21.4 Å². The third-order valence-corrected chi connectivity index (χ3v) is 8.66. The van der Waals surface area contributed by atoms with Crippen LogP contribution in [0.4, 0.5) is 0 Å². The number of likely N-dealkylation sites (tertiary alicyclic amines) is 2. The molecule has 4 nitrogen and oxygen atoms in total. The molecule has 0 radical (unpaired) electrons. The van der Waals surface area contributed by atoms with Crippen LogP contribution in [0.3, 0.4) is 0 Å². The van der Waals surface area contributed by atoms with Crippen LogP contribution >= 0.6 is 11.3 Å². The number of hydrogen-bond donors (Lipinski definition) is 0. The van der Waals surface area contributed by atoms with Gasteiger partial charge in [-0.05, 0) is 68.9 Å². The van der Waals surface area contributed by atoms with E-state index in [9.17, 15) is 4.79 Å². The van der Waals surface area contributed by atoms with Crippen LogP contribution in [0, 0.1) is 5.92 Å². The van der Waals surface area contributed by atoms with Crippen molar-refractivity contribution in [3.63, 3.8) is 0 Å². The Hall–Kier alpha value is -1.95. The molecule has 2 aromatic heterocycles. The maximum atomic E-state index is 12.8. The van der Waals surface area contributed by atoms with Crippen molar-refractivity contribution in [3.8, 4) is 10.4 Å². The fraction of sp³-hybridized carbons (Fsp3) is 0.480. The summed E-state index contributed by atoms with van der Waals surface area (Å²) in [6.07, 6.45) is 3.78. The number of thiophene rings is 1. The lowest BCUT2D eigenvalue weighted by Crippen LogP contribution is -2.53. The van der Waals surface area contributed by atoms with Crippen LogP contribution in [-0.2, 0) is 6.54 Å². The number of nitrogens with zero attached hydrogens (tertiary/aromatic N) is 3. The van der Waals surface area contributed by atoms with Crippen LogP contribution in [0.25, 0.3) is 20.5 Å². The molecule has 0 spiro atoms. The maximum absolute atomic E-state index is 12.8. The van der Waals surface area contributed by atoms with Gasteiger partial charge >= 0.3 is 0 Å². The van der Waals surface area contributed by atoms with Gasteiger partial charge in [-0.1, -0.05) is 18.2 Å². The lowest BCUT2D eigenvalue weighted by Gasteiger charge is -2.47. The monoisotopic (exact) mass is 419 g/mol. The molecule has 1 aromatic carbocycles. The van der Waals surface area contributed by atoms with Gasteiger partial charge in [0.1, 0.15) is 0 Å². The number of rotatable bonds is 2. The van der Waals surface area contributed by atoms with E-state index in [0.717, 1.165) is 19.6 Å². The zero-order valence-electron chi connectivity index (χ0n) is 17.6. The Labute approximate surface area is 181 Å². The fourth-order valence-corrected chi connectivity index (χ4v) is 7.13. The molecule has 0 N–H and O–H groups in total. The summed E-state index contributed by atoms with van der Waals surface area (Å²) in [5.74, 6) is 1.07. The van der Waals surface area contributed by atoms with Crippen molar-refractivity contribution in [1.82, 2.24) is 14.4 Å². The molecule has 5 heterocycles. The third-order valence-electron chi connectivity index (χ3n) is 7.51. The van der Waals surface area contributed by atoms with E-state index in [0.29, 0.717) is 17.9 Å². The minimum atomic E-state index is 0.178. The molecule has 2 bridgehead atoms. The van der Waals surface area contributed by atoms with Gasteiger partial charge in [-0.3, -0.25) is 9.69 Å². The highest BCUT2D eigenvalue weighted by Gasteiger charge is 2.39. The normalized spacial score (nSPS) is 25.5. The summed E-state index contributed by atoms with van der Waals surface area (Å²) in [5.41, 5.74) is 2.75. The Kier molecular flexibility index (Phi) is 4.59. The van der Waals surface area contributed by atoms with Crippen LogP contribution < -0.4 is 5.56 Å². The lowest BCUT2D eigenvalue weighted by molar-refractivity contribution is 0.0519. The van der Waals surface area contributed by atoms with Gasteiger partial charge < -0.3 is 9.47 Å². The first-order valence-electron chi connectivity index (χ1n) is 11.3. The number of hydrogen-bond acceptors (Lipinski definition) is 4. The minimum Gasteiger partial charge on any atom is -0.311 e. The van der Waals surface area contributed by atoms with E-state index < -0.39 is 0 Å². The summed E-state index contributed by atoms with van der Waals surface area (Å²) < 4.78 is 3.44. The summed E-state index contributed by atoms with van der Waals surface area (Å²) in [6.45, 7) is 5.56. The van der Waals surface area contributed by atoms with Crippen molar-refractivity contribution in [2.75, 3.05) is 33.2 Å². The van der Waals surface area contributed by atoms with Gasteiger partial charge in [0.15, 0.2) is 0 Å². The molecule has 0 aliphatic carbocycles. The molecule has 0 unspecified atom stereocenters. The number of benzene rings is 1. The van der Waals surface area contributed by atoms with Crippen LogP contribution in [-0.4, -0.2) is 53.6 Å². The summed E-state index contributed by atoms with van der Waals surface area (Å²) in [7, 11) is 2.24. The van der Waals surface area contributed by atoms with Crippen molar-refractivity contribution in [3.05, 3.63) is 58.5 Å².